The first-order valence-corrected chi connectivity index (χ1v) is 3.81. The van der Waals surface area contributed by atoms with Crippen LogP contribution in [0.2, 0.25) is 0 Å². The first-order valence-electron chi connectivity index (χ1n) is 3.81. The van der Waals surface area contributed by atoms with Crippen molar-refractivity contribution in [1.82, 2.24) is 4.90 Å². The maximum Gasteiger partial charge on any atom is 0.0683 e. The van der Waals surface area contributed by atoms with Crippen molar-refractivity contribution in [3.05, 3.63) is 0 Å². The minimum atomic E-state index is -0.225. The van der Waals surface area contributed by atoms with Crippen molar-refractivity contribution in [3.8, 4) is 0 Å². The molecule has 1 heterocycles. The molecule has 0 radical (unpaired) electrons. The Bertz CT molecular complexity index is 95.8. The second-order valence-corrected chi connectivity index (χ2v) is 2.81. The molecule has 1 aliphatic heterocycles. The molecule has 0 aromatic heterocycles. The highest BCUT2D eigenvalue weighted by atomic mass is 16.3. The number of β-amino-alcohol motifs (C(OH)–C–C–N with tert-alkyl or cyclic N) is 1. The van der Waals surface area contributed by atoms with Crippen molar-refractivity contribution < 1.29 is 10.2 Å². The van der Waals surface area contributed by atoms with Crippen molar-refractivity contribution in [2.24, 2.45) is 0 Å². The van der Waals surface area contributed by atoms with E-state index in [4.69, 9.17) is 5.11 Å². The van der Waals surface area contributed by atoms with Crippen LogP contribution in [0.25, 0.3) is 0 Å². The van der Waals surface area contributed by atoms with Crippen LogP contribution in [0.3, 0.4) is 0 Å². The number of aliphatic hydroxyl groups is 2. The van der Waals surface area contributed by atoms with E-state index in [0.717, 1.165) is 19.5 Å². The molecule has 0 amide bonds. The fourth-order valence-electron chi connectivity index (χ4n) is 1.53. The first-order chi connectivity index (χ1) is 4.77. The van der Waals surface area contributed by atoms with Gasteiger partial charge in [-0.2, -0.15) is 0 Å². The zero-order chi connectivity index (χ0) is 7.56. The fraction of sp³-hybridized carbons (Fsp3) is 1.00. The third-order valence-electron chi connectivity index (χ3n) is 2.12. The Morgan fingerprint density at radius 1 is 1.60 bits per heavy atom. The summed E-state index contributed by atoms with van der Waals surface area (Å²) in [4.78, 5) is 2.10. The predicted molar refractivity (Wildman–Crippen MR) is 38.7 cm³/mol. The predicted octanol–water partition coefficient (Wildman–Crippen LogP) is -0.566. The van der Waals surface area contributed by atoms with Gasteiger partial charge in [0.2, 0.25) is 0 Å². The van der Waals surface area contributed by atoms with Crippen molar-refractivity contribution in [3.63, 3.8) is 0 Å². The van der Waals surface area contributed by atoms with Crippen LogP contribution in [0.4, 0.5) is 0 Å². The largest absolute Gasteiger partial charge is 0.395 e. The molecule has 2 unspecified atom stereocenters. The average Bonchev–Trinajstić information content (AvgIpc) is 2.30. The summed E-state index contributed by atoms with van der Waals surface area (Å²) in [6.07, 6.45) is 0.502. The zero-order valence-corrected chi connectivity index (χ0v) is 6.32. The van der Waals surface area contributed by atoms with E-state index < -0.39 is 0 Å². The second-order valence-electron chi connectivity index (χ2n) is 2.81. The lowest BCUT2D eigenvalue weighted by Gasteiger charge is -2.19. The lowest BCUT2D eigenvalue weighted by atomic mass is 10.2. The highest BCUT2D eigenvalue weighted by molar-refractivity contribution is 4.83. The van der Waals surface area contributed by atoms with E-state index in [0.29, 0.717) is 0 Å². The molecule has 0 bridgehead atoms. The molecule has 3 nitrogen and oxygen atoms in total. The molecule has 0 aromatic carbocycles. The van der Waals surface area contributed by atoms with Gasteiger partial charge < -0.3 is 10.2 Å². The Hall–Kier alpha value is -0.120. The molecule has 1 aliphatic rings. The maximum absolute atomic E-state index is 9.18. The van der Waals surface area contributed by atoms with Gasteiger partial charge in [-0.1, -0.05) is 6.92 Å². The molecule has 0 spiro atoms. The van der Waals surface area contributed by atoms with Crippen molar-refractivity contribution in [2.75, 3.05) is 19.7 Å². The van der Waals surface area contributed by atoms with E-state index in [1.807, 2.05) is 6.92 Å². The van der Waals surface area contributed by atoms with Crippen molar-refractivity contribution in [2.45, 2.75) is 25.5 Å². The summed E-state index contributed by atoms with van der Waals surface area (Å²) in [5.74, 6) is 0. The van der Waals surface area contributed by atoms with Crippen LogP contribution >= 0.6 is 0 Å². The van der Waals surface area contributed by atoms with Gasteiger partial charge in [-0.15, -0.1) is 0 Å². The first kappa shape index (κ1) is 7.98. The molecule has 1 rings (SSSR count). The SMILES string of the molecule is CCN1CC(O)CC1CO. The van der Waals surface area contributed by atoms with Gasteiger partial charge in [0.25, 0.3) is 0 Å². The van der Waals surface area contributed by atoms with Gasteiger partial charge in [-0.25, -0.2) is 0 Å². The van der Waals surface area contributed by atoms with Crippen LogP contribution in [0.1, 0.15) is 13.3 Å². The summed E-state index contributed by atoms with van der Waals surface area (Å²) in [6.45, 7) is 3.86. The van der Waals surface area contributed by atoms with E-state index in [-0.39, 0.29) is 18.8 Å². The van der Waals surface area contributed by atoms with Gasteiger partial charge in [0.1, 0.15) is 0 Å². The van der Waals surface area contributed by atoms with E-state index in [1.54, 1.807) is 0 Å². The smallest absolute Gasteiger partial charge is 0.0683 e. The molecule has 10 heavy (non-hydrogen) atoms. The van der Waals surface area contributed by atoms with E-state index in [9.17, 15) is 5.11 Å². The number of rotatable bonds is 2. The average molecular weight is 145 g/mol. The fourth-order valence-corrected chi connectivity index (χ4v) is 1.53. The minimum absolute atomic E-state index is 0.172. The van der Waals surface area contributed by atoms with Crippen LogP contribution in [0.15, 0.2) is 0 Å². The normalized spacial score (nSPS) is 35.1. The molecule has 0 aliphatic carbocycles. The topological polar surface area (TPSA) is 43.7 Å². The van der Waals surface area contributed by atoms with Crippen LogP contribution in [0.5, 0.6) is 0 Å². The minimum Gasteiger partial charge on any atom is -0.395 e. The molecule has 2 atom stereocenters. The quantitative estimate of drug-likeness (QED) is 0.547. The standard InChI is InChI=1S/C7H15NO2/c1-2-8-4-7(10)3-6(8)5-9/h6-7,9-10H,2-5H2,1H3. The molecular formula is C7H15NO2. The number of nitrogens with zero attached hydrogens (tertiary/aromatic N) is 1. The summed E-state index contributed by atoms with van der Waals surface area (Å²) < 4.78 is 0. The summed E-state index contributed by atoms with van der Waals surface area (Å²) in [6, 6.07) is 0.194. The summed E-state index contributed by atoms with van der Waals surface area (Å²) in [7, 11) is 0. The van der Waals surface area contributed by atoms with E-state index >= 15 is 0 Å². The van der Waals surface area contributed by atoms with Crippen molar-refractivity contribution >= 4 is 0 Å². The number of likely N-dealkylation sites (N-methyl/N-ethyl adjacent to an activating group) is 1. The monoisotopic (exact) mass is 145 g/mol. The van der Waals surface area contributed by atoms with E-state index in [2.05, 4.69) is 4.90 Å². The van der Waals surface area contributed by atoms with Crippen LogP contribution < -0.4 is 0 Å². The Balaban J connectivity index is 2.41. The Labute approximate surface area is 61.3 Å². The lowest BCUT2D eigenvalue weighted by molar-refractivity contribution is 0.161. The summed E-state index contributed by atoms with van der Waals surface area (Å²) in [5, 5.41) is 18.0. The molecule has 1 saturated heterocycles. The van der Waals surface area contributed by atoms with Gasteiger partial charge in [0.15, 0.2) is 0 Å². The Kier molecular flexibility index (Phi) is 2.65. The molecule has 2 N–H and O–H groups in total. The Morgan fingerprint density at radius 2 is 2.30 bits per heavy atom. The van der Waals surface area contributed by atoms with Gasteiger partial charge in [0, 0.05) is 12.6 Å². The number of aliphatic hydroxyl groups excluding tert-OH is 2. The highest BCUT2D eigenvalue weighted by Crippen LogP contribution is 2.15. The number of likely N-dealkylation sites (tertiary alicyclic amines) is 1. The molecule has 0 saturated carbocycles. The third kappa shape index (κ3) is 1.48. The summed E-state index contributed by atoms with van der Waals surface area (Å²) in [5.41, 5.74) is 0. The van der Waals surface area contributed by atoms with Crippen molar-refractivity contribution in [1.29, 1.82) is 0 Å². The van der Waals surface area contributed by atoms with E-state index in [1.165, 1.54) is 0 Å². The molecule has 0 aromatic rings. The van der Waals surface area contributed by atoms with Gasteiger partial charge in [0.05, 0.1) is 12.7 Å². The lowest BCUT2D eigenvalue weighted by Crippen LogP contribution is -2.31. The second kappa shape index (κ2) is 3.32. The molecule has 3 heteroatoms. The summed E-state index contributed by atoms with van der Waals surface area (Å²) >= 11 is 0. The van der Waals surface area contributed by atoms with Crippen LogP contribution in [-0.4, -0.2) is 47.0 Å². The van der Waals surface area contributed by atoms with Crippen LogP contribution in [0, 0.1) is 0 Å². The van der Waals surface area contributed by atoms with Crippen LogP contribution in [-0.2, 0) is 0 Å². The van der Waals surface area contributed by atoms with Gasteiger partial charge in [-0.3, -0.25) is 4.90 Å². The number of hydrogen-bond acceptors (Lipinski definition) is 3. The van der Waals surface area contributed by atoms with Gasteiger partial charge >= 0.3 is 0 Å². The Morgan fingerprint density at radius 3 is 2.70 bits per heavy atom. The molecule has 1 fully saturated rings. The third-order valence-corrected chi connectivity index (χ3v) is 2.12. The maximum atomic E-state index is 9.18. The highest BCUT2D eigenvalue weighted by Gasteiger charge is 2.28. The number of hydrogen-bond donors (Lipinski definition) is 2. The molecule has 60 valence electrons. The van der Waals surface area contributed by atoms with Gasteiger partial charge in [-0.05, 0) is 13.0 Å². The zero-order valence-electron chi connectivity index (χ0n) is 6.32. The molecular weight excluding hydrogens is 130 g/mol.